The van der Waals surface area contributed by atoms with Crippen molar-refractivity contribution in [2.24, 2.45) is 7.05 Å². The molecule has 2 amide bonds. The van der Waals surface area contributed by atoms with Crippen molar-refractivity contribution < 1.29 is 37.7 Å². The number of nitrogens with one attached hydrogen (secondary N) is 2. The molecule has 18 heteroatoms. The van der Waals surface area contributed by atoms with Crippen molar-refractivity contribution >= 4 is 68.3 Å². The normalized spacial score (nSPS) is 15.4. The Balaban J connectivity index is 0.817. The van der Waals surface area contributed by atoms with E-state index in [4.69, 9.17) is 51.3 Å². The summed E-state index contributed by atoms with van der Waals surface area (Å²) in [6.07, 6.45) is 7.43. The fraction of sp³-hybridized carbons (Fsp3) is 0.211. The van der Waals surface area contributed by atoms with Crippen LogP contribution in [0.3, 0.4) is 0 Å². The Morgan fingerprint density at radius 2 is 1.63 bits per heavy atom. The molecule has 75 heavy (non-hydrogen) atoms. The highest BCUT2D eigenvalue weighted by Crippen LogP contribution is 2.41. The number of anilines is 2. The van der Waals surface area contributed by atoms with Crippen LogP contribution in [-0.4, -0.2) is 76.1 Å². The summed E-state index contributed by atoms with van der Waals surface area (Å²) in [5.74, 6) is -1.40. The minimum atomic E-state index is -1.18. The molecule has 0 saturated carbocycles. The van der Waals surface area contributed by atoms with E-state index in [0.29, 0.717) is 65.0 Å². The molecule has 0 unspecified atom stereocenters. The summed E-state index contributed by atoms with van der Waals surface area (Å²) in [4.78, 5) is 46.9. The highest BCUT2D eigenvalue weighted by Gasteiger charge is 2.45. The van der Waals surface area contributed by atoms with Gasteiger partial charge in [-0.25, -0.2) is 4.98 Å². The predicted molar refractivity (Wildman–Crippen MR) is 286 cm³/mol. The average Bonchev–Trinajstić information content (AvgIpc) is 4.18. The first-order chi connectivity index (χ1) is 36.4. The lowest BCUT2D eigenvalue weighted by Crippen LogP contribution is -2.34. The first kappa shape index (κ1) is 50.5. The molecule has 1 fully saturated rings. The fourth-order valence-corrected chi connectivity index (χ4v) is 9.70. The molecule has 4 heterocycles. The molecule has 16 nitrogen and oxygen atoms in total. The third-order valence-corrected chi connectivity index (χ3v) is 13.5. The van der Waals surface area contributed by atoms with Gasteiger partial charge in [0.05, 0.1) is 67.1 Å². The number of para-hydroxylation sites is 1. The molecule has 3 aromatic heterocycles. The van der Waals surface area contributed by atoms with Gasteiger partial charge < -0.3 is 43.3 Å². The summed E-state index contributed by atoms with van der Waals surface area (Å²) < 4.78 is 39.9. The van der Waals surface area contributed by atoms with E-state index in [9.17, 15) is 14.4 Å². The molecule has 1 aliphatic rings. The number of methoxy groups -OCH3 is 2. The lowest BCUT2D eigenvalue weighted by atomic mass is 10.1. The standard InChI is InChI=1S/C57H51Cl2N7O9/c1-64-49-18-13-38(23-39(49)29-61-64)31-65(30-37-7-6-8-42(24-37)72-32-43-33-73-57(75-43,34-66-22-20-60-35-66)46-17-14-40(58)25-47(46)59)21-19-36-11-15-41(16-12-36)62-55(68)45-26-52(70-2)53(71-3)27-48(45)63-56(69)54-28-50(67)44-9-4-5-10-51(44)74-54/h4-18,20,22-29,35,43H,19,21,30-34H2,1-3H3,(H,62,68)(H,63,69)/t43-,57-/m1/s1. The lowest BCUT2D eigenvalue weighted by Gasteiger charge is -2.30. The van der Waals surface area contributed by atoms with E-state index in [-0.39, 0.29) is 52.7 Å². The number of rotatable bonds is 19. The average molecular weight is 1050 g/mol. The van der Waals surface area contributed by atoms with E-state index in [2.05, 4.69) is 55.9 Å². The SMILES string of the molecule is COc1cc(NC(=O)c2cc(=O)c3ccccc3o2)c(C(=O)Nc2ccc(CCN(Cc3cccc(OC[C@@H]4CO[C@@](Cn5ccnc5)(c5ccc(Cl)cc5Cl)O4)c3)Cc3ccc4c(cnn4C)c3)cc2)cc1OC. The number of aromatic nitrogens is 4. The van der Waals surface area contributed by atoms with Crippen LogP contribution in [0.1, 0.15) is 43.2 Å². The number of ether oxygens (including phenoxy) is 5. The van der Waals surface area contributed by atoms with Crippen molar-refractivity contribution in [1.82, 2.24) is 24.2 Å². The quantitative estimate of drug-likeness (QED) is 0.0786. The summed E-state index contributed by atoms with van der Waals surface area (Å²) in [5.41, 5.74) is 5.59. The number of hydrogen-bond acceptors (Lipinski definition) is 12. The molecule has 382 valence electrons. The van der Waals surface area contributed by atoms with Crippen LogP contribution in [-0.2, 0) is 48.4 Å². The van der Waals surface area contributed by atoms with Crippen LogP contribution in [0.2, 0.25) is 10.0 Å². The molecule has 1 saturated heterocycles. The summed E-state index contributed by atoms with van der Waals surface area (Å²) >= 11 is 13.0. The largest absolute Gasteiger partial charge is 0.493 e. The van der Waals surface area contributed by atoms with Gasteiger partial charge in [0.2, 0.25) is 5.79 Å². The van der Waals surface area contributed by atoms with Gasteiger partial charge in [-0.1, -0.05) is 71.7 Å². The monoisotopic (exact) mass is 1050 g/mol. The zero-order valence-electron chi connectivity index (χ0n) is 41.1. The van der Waals surface area contributed by atoms with Crippen LogP contribution in [0.25, 0.3) is 21.9 Å². The molecule has 10 rings (SSSR count). The van der Waals surface area contributed by atoms with Gasteiger partial charge in [0, 0.05) is 72.9 Å². The molecule has 6 aromatic carbocycles. The van der Waals surface area contributed by atoms with Crippen molar-refractivity contribution in [3.63, 3.8) is 0 Å². The van der Waals surface area contributed by atoms with Crippen molar-refractivity contribution in [3.05, 3.63) is 206 Å². The van der Waals surface area contributed by atoms with Gasteiger partial charge in [0.25, 0.3) is 11.8 Å². The second-order valence-corrected chi connectivity index (χ2v) is 18.9. The van der Waals surface area contributed by atoms with Crippen LogP contribution in [0, 0.1) is 0 Å². The summed E-state index contributed by atoms with van der Waals surface area (Å²) in [6, 6.07) is 38.1. The summed E-state index contributed by atoms with van der Waals surface area (Å²) in [6.45, 7) is 2.84. The van der Waals surface area contributed by atoms with Gasteiger partial charge in [-0.05, 0) is 89.8 Å². The van der Waals surface area contributed by atoms with Gasteiger partial charge in [0.15, 0.2) is 22.7 Å². The maximum atomic E-state index is 14.0. The van der Waals surface area contributed by atoms with Crippen molar-refractivity contribution in [1.29, 1.82) is 0 Å². The van der Waals surface area contributed by atoms with Crippen LogP contribution < -0.4 is 30.3 Å². The molecular weight excluding hydrogens is 998 g/mol. The maximum absolute atomic E-state index is 14.0. The molecule has 2 N–H and O–H groups in total. The molecular formula is C57H51Cl2N7O9. The second-order valence-electron chi connectivity index (χ2n) is 18.1. The van der Waals surface area contributed by atoms with E-state index >= 15 is 0 Å². The zero-order valence-corrected chi connectivity index (χ0v) is 42.6. The maximum Gasteiger partial charge on any atom is 0.291 e. The van der Waals surface area contributed by atoms with Gasteiger partial charge in [-0.2, -0.15) is 5.10 Å². The highest BCUT2D eigenvalue weighted by molar-refractivity contribution is 6.35. The van der Waals surface area contributed by atoms with Crippen molar-refractivity contribution in [3.8, 4) is 17.2 Å². The molecule has 1 aliphatic heterocycles. The number of benzene rings is 6. The van der Waals surface area contributed by atoms with Gasteiger partial charge >= 0.3 is 0 Å². The van der Waals surface area contributed by atoms with E-state index in [1.807, 2.05) is 71.2 Å². The third kappa shape index (κ3) is 11.6. The Kier molecular flexibility index (Phi) is 15.0. The molecule has 0 bridgehead atoms. The van der Waals surface area contributed by atoms with E-state index in [0.717, 1.165) is 33.7 Å². The minimum absolute atomic E-state index is 0.0897. The molecule has 0 aliphatic carbocycles. The first-order valence-corrected chi connectivity index (χ1v) is 24.8. The van der Waals surface area contributed by atoms with Crippen LogP contribution in [0.4, 0.5) is 11.4 Å². The number of aryl methyl sites for hydroxylation is 1. The Morgan fingerprint density at radius 3 is 2.41 bits per heavy atom. The van der Waals surface area contributed by atoms with E-state index in [1.54, 1.807) is 48.9 Å². The number of imidazole rings is 1. The zero-order chi connectivity index (χ0) is 52.1. The van der Waals surface area contributed by atoms with Gasteiger partial charge in [-0.3, -0.25) is 24.0 Å². The number of amides is 2. The number of halogens is 2. The molecule has 0 spiro atoms. The third-order valence-electron chi connectivity index (χ3n) is 12.9. The van der Waals surface area contributed by atoms with E-state index < -0.39 is 23.7 Å². The highest BCUT2D eigenvalue weighted by atomic mass is 35.5. The Bertz CT molecular complexity index is 3590. The number of carbonyl (C=O) groups is 2. The van der Waals surface area contributed by atoms with Crippen molar-refractivity contribution in [2.45, 2.75) is 37.9 Å². The number of hydrogen-bond donors (Lipinski definition) is 2. The van der Waals surface area contributed by atoms with Gasteiger partial charge in [0.1, 0.15) is 24.0 Å². The topological polar surface area (TPSA) is 173 Å². The molecule has 0 radical (unpaired) electrons. The lowest BCUT2D eigenvalue weighted by molar-refractivity contribution is -0.189. The van der Waals surface area contributed by atoms with E-state index in [1.165, 1.54) is 26.4 Å². The van der Waals surface area contributed by atoms with Crippen LogP contribution in [0.15, 0.2) is 162 Å². The van der Waals surface area contributed by atoms with Crippen LogP contribution >= 0.6 is 23.2 Å². The molecule has 9 aromatic rings. The Morgan fingerprint density at radius 1 is 0.840 bits per heavy atom. The van der Waals surface area contributed by atoms with Crippen LogP contribution in [0.5, 0.6) is 17.2 Å². The number of carbonyl (C=O) groups excluding carboxylic acids is 2. The predicted octanol–water partition coefficient (Wildman–Crippen LogP) is 10.3. The molecule has 2 atom stereocenters. The summed E-state index contributed by atoms with van der Waals surface area (Å²) in [7, 11) is 4.83. The number of nitrogens with zero attached hydrogens (tertiary/aromatic N) is 5. The minimum Gasteiger partial charge on any atom is -0.493 e. The smallest absolute Gasteiger partial charge is 0.291 e. The Hall–Kier alpha value is -7.99. The van der Waals surface area contributed by atoms with Gasteiger partial charge in [-0.15, -0.1) is 0 Å². The summed E-state index contributed by atoms with van der Waals surface area (Å²) in [5, 5.41) is 12.5. The second kappa shape index (κ2) is 22.2. The first-order valence-electron chi connectivity index (χ1n) is 24.0. The fourth-order valence-electron chi connectivity index (χ4n) is 9.15. The Labute approximate surface area is 441 Å². The van der Waals surface area contributed by atoms with Crippen molar-refractivity contribution in [2.75, 3.05) is 44.6 Å². The number of fused-ring (bicyclic) bond motifs is 2.